The van der Waals surface area contributed by atoms with Gasteiger partial charge in [-0.1, -0.05) is 0 Å². The molecule has 1 aliphatic carbocycles. The fourth-order valence-corrected chi connectivity index (χ4v) is 1.92. The summed E-state index contributed by atoms with van der Waals surface area (Å²) >= 11 is 0. The SMILES string of the molecule is C[C@H]1OCCN[C@@H]1C(=O)NCCOCC1CC1.Cl. The number of ether oxygens (including phenoxy) is 2. The molecule has 1 aliphatic heterocycles. The lowest BCUT2D eigenvalue weighted by Crippen LogP contribution is -2.55. The van der Waals surface area contributed by atoms with Gasteiger partial charge < -0.3 is 20.1 Å². The van der Waals surface area contributed by atoms with E-state index in [-0.39, 0.29) is 30.5 Å². The first-order chi connectivity index (χ1) is 8.27. The summed E-state index contributed by atoms with van der Waals surface area (Å²) in [6.45, 7) is 5.35. The van der Waals surface area contributed by atoms with E-state index in [0.29, 0.717) is 19.8 Å². The van der Waals surface area contributed by atoms with Crippen molar-refractivity contribution in [2.75, 3.05) is 32.9 Å². The van der Waals surface area contributed by atoms with Gasteiger partial charge in [-0.2, -0.15) is 0 Å². The molecule has 0 spiro atoms. The van der Waals surface area contributed by atoms with Gasteiger partial charge in [0.25, 0.3) is 0 Å². The second-order valence-electron chi connectivity index (χ2n) is 4.82. The van der Waals surface area contributed by atoms with E-state index in [4.69, 9.17) is 9.47 Å². The van der Waals surface area contributed by atoms with Crippen LogP contribution in [-0.4, -0.2) is 51.0 Å². The van der Waals surface area contributed by atoms with Crippen LogP contribution in [0.5, 0.6) is 0 Å². The minimum absolute atomic E-state index is 0. The Morgan fingerprint density at radius 3 is 2.94 bits per heavy atom. The van der Waals surface area contributed by atoms with Gasteiger partial charge in [0.1, 0.15) is 6.04 Å². The summed E-state index contributed by atoms with van der Waals surface area (Å²) in [7, 11) is 0. The molecule has 2 rings (SSSR count). The molecule has 2 N–H and O–H groups in total. The fraction of sp³-hybridized carbons (Fsp3) is 0.917. The topological polar surface area (TPSA) is 59.6 Å². The van der Waals surface area contributed by atoms with Gasteiger partial charge in [0.05, 0.1) is 19.3 Å². The maximum atomic E-state index is 11.8. The summed E-state index contributed by atoms with van der Waals surface area (Å²) in [4.78, 5) is 11.8. The Morgan fingerprint density at radius 2 is 2.28 bits per heavy atom. The van der Waals surface area contributed by atoms with Gasteiger partial charge >= 0.3 is 0 Å². The monoisotopic (exact) mass is 278 g/mol. The first-order valence-electron chi connectivity index (χ1n) is 6.48. The zero-order valence-corrected chi connectivity index (χ0v) is 11.6. The van der Waals surface area contributed by atoms with Crippen LogP contribution in [0.3, 0.4) is 0 Å². The van der Waals surface area contributed by atoms with E-state index in [9.17, 15) is 4.79 Å². The molecule has 0 aromatic heterocycles. The van der Waals surface area contributed by atoms with E-state index in [1.54, 1.807) is 0 Å². The van der Waals surface area contributed by atoms with Crippen molar-refractivity contribution in [2.24, 2.45) is 5.92 Å². The molecular weight excluding hydrogens is 256 g/mol. The average molecular weight is 279 g/mol. The highest BCUT2D eigenvalue weighted by atomic mass is 35.5. The molecule has 18 heavy (non-hydrogen) atoms. The molecule has 1 heterocycles. The number of amides is 1. The van der Waals surface area contributed by atoms with Gasteiger partial charge in [-0.05, 0) is 25.7 Å². The smallest absolute Gasteiger partial charge is 0.239 e. The molecule has 6 heteroatoms. The highest BCUT2D eigenvalue weighted by molar-refractivity contribution is 5.85. The molecule has 2 fully saturated rings. The van der Waals surface area contributed by atoms with Gasteiger partial charge in [-0.25, -0.2) is 0 Å². The number of carbonyl (C=O) groups excluding carboxylic acids is 1. The van der Waals surface area contributed by atoms with Crippen molar-refractivity contribution < 1.29 is 14.3 Å². The molecule has 1 saturated carbocycles. The van der Waals surface area contributed by atoms with Crippen LogP contribution in [0.4, 0.5) is 0 Å². The predicted molar refractivity (Wildman–Crippen MR) is 71.0 cm³/mol. The van der Waals surface area contributed by atoms with Crippen molar-refractivity contribution >= 4 is 18.3 Å². The molecule has 0 bridgehead atoms. The van der Waals surface area contributed by atoms with Gasteiger partial charge in [0.15, 0.2) is 0 Å². The average Bonchev–Trinajstić information content (AvgIpc) is 3.13. The molecule has 1 amide bonds. The zero-order valence-electron chi connectivity index (χ0n) is 10.8. The predicted octanol–water partition coefficient (Wildman–Crippen LogP) is 0.328. The minimum atomic E-state index is -0.229. The van der Waals surface area contributed by atoms with Gasteiger partial charge in [-0.3, -0.25) is 4.79 Å². The number of hydrogen-bond donors (Lipinski definition) is 2. The molecule has 1 saturated heterocycles. The van der Waals surface area contributed by atoms with Crippen LogP contribution in [-0.2, 0) is 14.3 Å². The third-order valence-corrected chi connectivity index (χ3v) is 3.20. The Hall–Kier alpha value is -0.360. The number of hydrogen-bond acceptors (Lipinski definition) is 4. The lowest BCUT2D eigenvalue weighted by atomic mass is 10.1. The fourth-order valence-electron chi connectivity index (χ4n) is 1.92. The van der Waals surface area contributed by atoms with Gasteiger partial charge in [-0.15, -0.1) is 12.4 Å². The molecule has 0 radical (unpaired) electrons. The van der Waals surface area contributed by atoms with Gasteiger partial charge in [0, 0.05) is 19.7 Å². The Labute approximate surface area is 114 Å². The third-order valence-electron chi connectivity index (χ3n) is 3.20. The second kappa shape index (κ2) is 7.94. The van der Waals surface area contributed by atoms with Crippen LogP contribution in [0.15, 0.2) is 0 Å². The van der Waals surface area contributed by atoms with E-state index < -0.39 is 0 Å². The standard InChI is InChI=1S/C12H22N2O3.ClH/c1-9-11(13-5-7-17-9)12(15)14-4-6-16-8-10-2-3-10;/h9-11,13H,2-8H2,1H3,(H,14,15);1H/t9-,11+;/m1./s1. The minimum Gasteiger partial charge on any atom is -0.379 e. The maximum Gasteiger partial charge on any atom is 0.239 e. The number of rotatable bonds is 6. The quantitative estimate of drug-likeness (QED) is 0.688. The molecule has 0 unspecified atom stereocenters. The number of halogens is 1. The lowest BCUT2D eigenvalue weighted by molar-refractivity contribution is -0.129. The normalized spacial score (nSPS) is 27.4. The van der Waals surface area contributed by atoms with Crippen LogP contribution in [0, 0.1) is 5.92 Å². The number of carbonyl (C=O) groups is 1. The van der Waals surface area contributed by atoms with Crippen LogP contribution < -0.4 is 10.6 Å². The molecule has 2 aliphatic rings. The summed E-state index contributed by atoms with van der Waals surface area (Å²) in [5.41, 5.74) is 0. The van der Waals surface area contributed by atoms with E-state index in [1.165, 1.54) is 12.8 Å². The highest BCUT2D eigenvalue weighted by Crippen LogP contribution is 2.28. The summed E-state index contributed by atoms with van der Waals surface area (Å²) in [5.74, 6) is 0.784. The number of morpholine rings is 1. The first-order valence-corrected chi connectivity index (χ1v) is 6.48. The van der Waals surface area contributed by atoms with E-state index in [2.05, 4.69) is 10.6 Å². The van der Waals surface area contributed by atoms with Crippen molar-refractivity contribution in [2.45, 2.75) is 31.9 Å². The van der Waals surface area contributed by atoms with Crippen molar-refractivity contribution in [3.63, 3.8) is 0 Å². The molecular formula is C12H23ClN2O3. The van der Waals surface area contributed by atoms with Crippen molar-refractivity contribution in [3.8, 4) is 0 Å². The summed E-state index contributed by atoms with van der Waals surface area (Å²) in [6, 6.07) is -0.229. The maximum absolute atomic E-state index is 11.8. The molecule has 106 valence electrons. The number of nitrogens with one attached hydrogen (secondary N) is 2. The van der Waals surface area contributed by atoms with Crippen LogP contribution in [0.2, 0.25) is 0 Å². The Kier molecular flexibility index (Phi) is 6.92. The lowest BCUT2D eigenvalue weighted by Gasteiger charge is -2.29. The van der Waals surface area contributed by atoms with Crippen LogP contribution in [0.1, 0.15) is 19.8 Å². The van der Waals surface area contributed by atoms with Crippen LogP contribution >= 0.6 is 12.4 Å². The van der Waals surface area contributed by atoms with E-state index >= 15 is 0 Å². The molecule has 5 nitrogen and oxygen atoms in total. The Bertz CT molecular complexity index is 262. The summed E-state index contributed by atoms with van der Waals surface area (Å²) in [5, 5.41) is 6.03. The summed E-state index contributed by atoms with van der Waals surface area (Å²) < 4.78 is 10.9. The molecule has 2 atom stereocenters. The van der Waals surface area contributed by atoms with E-state index in [1.807, 2.05) is 6.92 Å². The molecule has 0 aromatic carbocycles. The van der Waals surface area contributed by atoms with E-state index in [0.717, 1.165) is 19.1 Å². The van der Waals surface area contributed by atoms with Crippen molar-refractivity contribution in [1.82, 2.24) is 10.6 Å². The zero-order chi connectivity index (χ0) is 12.1. The second-order valence-corrected chi connectivity index (χ2v) is 4.82. The van der Waals surface area contributed by atoms with Crippen molar-refractivity contribution in [3.05, 3.63) is 0 Å². The largest absolute Gasteiger partial charge is 0.379 e. The molecule has 0 aromatic rings. The Balaban J connectivity index is 0.00000162. The Morgan fingerprint density at radius 1 is 1.50 bits per heavy atom. The highest BCUT2D eigenvalue weighted by Gasteiger charge is 2.27. The van der Waals surface area contributed by atoms with Gasteiger partial charge in [0.2, 0.25) is 5.91 Å². The summed E-state index contributed by atoms with van der Waals surface area (Å²) in [6.07, 6.45) is 2.54. The van der Waals surface area contributed by atoms with Crippen molar-refractivity contribution in [1.29, 1.82) is 0 Å². The first kappa shape index (κ1) is 15.7. The van der Waals surface area contributed by atoms with Crippen LogP contribution in [0.25, 0.3) is 0 Å². The third kappa shape index (κ3) is 5.10.